The van der Waals surface area contributed by atoms with Gasteiger partial charge in [0.1, 0.15) is 0 Å². The van der Waals surface area contributed by atoms with Crippen LogP contribution >= 0.6 is 0 Å². The largest absolute Gasteiger partial charge is 0.313 e. The molecule has 2 aliphatic rings. The zero-order valence-corrected chi connectivity index (χ0v) is 8.76. The maximum atomic E-state index is 3.64. The number of piperidine rings is 2. The van der Waals surface area contributed by atoms with Gasteiger partial charge in [0.25, 0.3) is 0 Å². The Morgan fingerprint density at radius 2 is 2.00 bits per heavy atom. The first kappa shape index (κ1) is 9.47. The normalized spacial score (nSPS) is 35.8. The molecule has 2 fully saturated rings. The summed E-state index contributed by atoms with van der Waals surface area (Å²) in [6.07, 6.45) is 7.10. The molecule has 2 heteroatoms. The van der Waals surface area contributed by atoms with Crippen LogP contribution in [0.3, 0.4) is 0 Å². The molecular formula is C11H22N2. The van der Waals surface area contributed by atoms with Gasteiger partial charge in [0.15, 0.2) is 0 Å². The fourth-order valence-corrected chi connectivity index (χ4v) is 2.96. The van der Waals surface area contributed by atoms with E-state index in [0.717, 1.165) is 18.6 Å². The van der Waals surface area contributed by atoms with Crippen molar-refractivity contribution in [3.8, 4) is 0 Å². The van der Waals surface area contributed by atoms with Crippen molar-refractivity contribution in [2.75, 3.05) is 19.6 Å². The Labute approximate surface area is 81.7 Å². The van der Waals surface area contributed by atoms with Gasteiger partial charge in [-0.3, -0.25) is 4.90 Å². The molecule has 0 amide bonds. The second-order valence-electron chi connectivity index (χ2n) is 4.41. The fraction of sp³-hybridized carbons (Fsp3) is 1.00. The number of hydrogen-bond acceptors (Lipinski definition) is 2. The first-order valence-electron chi connectivity index (χ1n) is 5.89. The van der Waals surface area contributed by atoms with E-state index in [1.165, 1.54) is 45.2 Å². The highest BCUT2D eigenvalue weighted by molar-refractivity contribution is 4.90. The number of nitrogens with one attached hydrogen (secondary N) is 1. The Bertz CT molecular complexity index is 154. The van der Waals surface area contributed by atoms with Crippen molar-refractivity contribution in [2.45, 2.75) is 51.1 Å². The van der Waals surface area contributed by atoms with Gasteiger partial charge in [-0.2, -0.15) is 0 Å². The highest BCUT2D eigenvalue weighted by atomic mass is 15.2. The maximum Gasteiger partial charge on any atom is 0.0249 e. The molecule has 2 heterocycles. The van der Waals surface area contributed by atoms with Crippen LogP contribution in [0.4, 0.5) is 0 Å². The molecule has 0 spiro atoms. The van der Waals surface area contributed by atoms with Gasteiger partial charge in [-0.25, -0.2) is 0 Å². The third-order valence-corrected chi connectivity index (χ3v) is 3.56. The first-order chi connectivity index (χ1) is 6.42. The molecule has 1 N–H and O–H groups in total. The van der Waals surface area contributed by atoms with E-state index in [1.807, 2.05) is 0 Å². The van der Waals surface area contributed by atoms with Crippen molar-refractivity contribution in [2.24, 2.45) is 0 Å². The van der Waals surface area contributed by atoms with Gasteiger partial charge < -0.3 is 5.32 Å². The van der Waals surface area contributed by atoms with Crippen molar-refractivity contribution < 1.29 is 0 Å². The number of likely N-dealkylation sites (N-methyl/N-ethyl adjacent to an activating group) is 1. The monoisotopic (exact) mass is 182 g/mol. The molecule has 0 aliphatic carbocycles. The van der Waals surface area contributed by atoms with E-state index in [1.54, 1.807) is 0 Å². The van der Waals surface area contributed by atoms with Gasteiger partial charge in [-0.05, 0) is 45.3 Å². The lowest BCUT2D eigenvalue weighted by Gasteiger charge is -2.44. The van der Waals surface area contributed by atoms with Gasteiger partial charge in [0.2, 0.25) is 0 Å². The number of rotatable bonds is 2. The second-order valence-corrected chi connectivity index (χ2v) is 4.41. The molecule has 0 saturated carbocycles. The molecule has 76 valence electrons. The summed E-state index contributed by atoms with van der Waals surface area (Å²) < 4.78 is 0. The summed E-state index contributed by atoms with van der Waals surface area (Å²) in [5.74, 6) is 0. The summed E-state index contributed by atoms with van der Waals surface area (Å²) in [6.45, 7) is 6.07. The van der Waals surface area contributed by atoms with E-state index >= 15 is 0 Å². The van der Waals surface area contributed by atoms with Crippen LogP contribution in [0.2, 0.25) is 0 Å². The van der Waals surface area contributed by atoms with Gasteiger partial charge in [0, 0.05) is 12.1 Å². The lowest BCUT2D eigenvalue weighted by atomic mass is 9.89. The van der Waals surface area contributed by atoms with Gasteiger partial charge in [-0.15, -0.1) is 0 Å². The van der Waals surface area contributed by atoms with Crippen molar-refractivity contribution in [1.29, 1.82) is 0 Å². The van der Waals surface area contributed by atoms with Crippen LogP contribution < -0.4 is 5.32 Å². The first-order valence-corrected chi connectivity index (χ1v) is 5.89. The average Bonchev–Trinajstić information content (AvgIpc) is 2.19. The summed E-state index contributed by atoms with van der Waals surface area (Å²) in [4.78, 5) is 2.71. The Balaban J connectivity index is 1.94. The second kappa shape index (κ2) is 4.43. The standard InChI is InChI=1S/C11H22N2/c1-2-12-10-6-5-9-13-8-4-3-7-11(10)13/h10-12H,2-9H2,1H3/t10-,11-/m1/s1. The van der Waals surface area contributed by atoms with Crippen LogP contribution in [-0.4, -0.2) is 36.6 Å². The molecule has 2 saturated heterocycles. The minimum absolute atomic E-state index is 0.791. The number of fused-ring (bicyclic) bond motifs is 1. The molecule has 0 aromatic carbocycles. The van der Waals surface area contributed by atoms with Crippen LogP contribution in [0, 0.1) is 0 Å². The highest BCUT2D eigenvalue weighted by Gasteiger charge is 2.31. The maximum absolute atomic E-state index is 3.64. The highest BCUT2D eigenvalue weighted by Crippen LogP contribution is 2.26. The smallest absolute Gasteiger partial charge is 0.0249 e. The van der Waals surface area contributed by atoms with Crippen LogP contribution in [0.15, 0.2) is 0 Å². The van der Waals surface area contributed by atoms with Crippen LogP contribution in [0.1, 0.15) is 39.0 Å². The summed E-state index contributed by atoms with van der Waals surface area (Å²) in [6, 6.07) is 1.65. The minimum Gasteiger partial charge on any atom is -0.313 e. The molecule has 0 bridgehead atoms. The van der Waals surface area contributed by atoms with Gasteiger partial charge in [0.05, 0.1) is 0 Å². The molecule has 0 unspecified atom stereocenters. The predicted molar refractivity (Wildman–Crippen MR) is 55.9 cm³/mol. The number of nitrogens with zero attached hydrogens (tertiary/aromatic N) is 1. The van der Waals surface area contributed by atoms with E-state index in [-0.39, 0.29) is 0 Å². The predicted octanol–water partition coefficient (Wildman–Crippen LogP) is 1.61. The number of hydrogen-bond donors (Lipinski definition) is 1. The minimum atomic E-state index is 0.791. The molecule has 13 heavy (non-hydrogen) atoms. The van der Waals surface area contributed by atoms with Gasteiger partial charge in [-0.1, -0.05) is 13.3 Å². The van der Waals surface area contributed by atoms with Crippen molar-refractivity contribution in [3.63, 3.8) is 0 Å². The van der Waals surface area contributed by atoms with E-state index in [0.29, 0.717) is 0 Å². The zero-order chi connectivity index (χ0) is 9.10. The van der Waals surface area contributed by atoms with E-state index in [9.17, 15) is 0 Å². The SMILES string of the molecule is CCN[C@@H]1CCCN2CCCC[C@H]12. The Kier molecular flexibility index (Phi) is 3.23. The molecule has 2 atom stereocenters. The Morgan fingerprint density at radius 1 is 1.15 bits per heavy atom. The topological polar surface area (TPSA) is 15.3 Å². The Hall–Kier alpha value is -0.0800. The quantitative estimate of drug-likeness (QED) is 0.698. The molecule has 2 nitrogen and oxygen atoms in total. The van der Waals surface area contributed by atoms with E-state index in [4.69, 9.17) is 0 Å². The summed E-state index contributed by atoms with van der Waals surface area (Å²) in [5, 5.41) is 3.64. The van der Waals surface area contributed by atoms with Gasteiger partial charge >= 0.3 is 0 Å². The average molecular weight is 182 g/mol. The van der Waals surface area contributed by atoms with Crippen LogP contribution in [0.25, 0.3) is 0 Å². The van der Waals surface area contributed by atoms with Crippen molar-refractivity contribution >= 4 is 0 Å². The lowest BCUT2D eigenvalue weighted by molar-refractivity contribution is 0.0783. The van der Waals surface area contributed by atoms with Crippen molar-refractivity contribution in [1.82, 2.24) is 10.2 Å². The fourth-order valence-electron chi connectivity index (χ4n) is 2.96. The third kappa shape index (κ3) is 2.05. The Morgan fingerprint density at radius 3 is 2.85 bits per heavy atom. The zero-order valence-electron chi connectivity index (χ0n) is 8.76. The molecule has 2 rings (SSSR count). The third-order valence-electron chi connectivity index (χ3n) is 3.56. The molecule has 0 radical (unpaired) electrons. The molecule has 0 aromatic heterocycles. The lowest BCUT2D eigenvalue weighted by Crippen LogP contribution is -2.55. The van der Waals surface area contributed by atoms with Crippen LogP contribution in [-0.2, 0) is 0 Å². The molecule has 2 aliphatic heterocycles. The summed E-state index contributed by atoms with van der Waals surface area (Å²) in [7, 11) is 0. The molecular weight excluding hydrogens is 160 g/mol. The van der Waals surface area contributed by atoms with Crippen LogP contribution in [0.5, 0.6) is 0 Å². The summed E-state index contributed by atoms with van der Waals surface area (Å²) in [5.41, 5.74) is 0. The van der Waals surface area contributed by atoms with Crippen molar-refractivity contribution in [3.05, 3.63) is 0 Å². The van der Waals surface area contributed by atoms with E-state index < -0.39 is 0 Å². The summed E-state index contributed by atoms with van der Waals surface area (Å²) >= 11 is 0. The van der Waals surface area contributed by atoms with E-state index in [2.05, 4.69) is 17.1 Å². The molecule has 0 aromatic rings.